The SMILES string of the molecule is Cn1ccnc1CCNC1CCN(c2ccncc2)CC1. The molecule has 1 saturated heterocycles. The molecule has 1 aliphatic rings. The summed E-state index contributed by atoms with van der Waals surface area (Å²) in [6, 6.07) is 4.81. The topological polar surface area (TPSA) is 46.0 Å². The van der Waals surface area contributed by atoms with Gasteiger partial charge >= 0.3 is 0 Å². The number of nitrogens with zero attached hydrogens (tertiary/aromatic N) is 4. The van der Waals surface area contributed by atoms with E-state index < -0.39 is 0 Å². The molecule has 0 bridgehead atoms. The van der Waals surface area contributed by atoms with Crippen molar-refractivity contribution in [1.29, 1.82) is 0 Å². The number of piperidine rings is 1. The van der Waals surface area contributed by atoms with Gasteiger partial charge in [-0.2, -0.15) is 0 Å². The molecule has 0 aromatic carbocycles. The zero-order valence-corrected chi connectivity index (χ0v) is 12.6. The molecule has 0 amide bonds. The number of imidazole rings is 1. The lowest BCUT2D eigenvalue weighted by atomic mass is 10.0. The molecule has 1 fully saturated rings. The molecule has 0 radical (unpaired) electrons. The van der Waals surface area contributed by atoms with Gasteiger partial charge in [0.05, 0.1) is 0 Å². The Bertz CT molecular complexity index is 543. The molecule has 21 heavy (non-hydrogen) atoms. The molecule has 2 aromatic rings. The minimum atomic E-state index is 0.628. The molecule has 5 nitrogen and oxygen atoms in total. The maximum atomic E-state index is 4.36. The molecule has 3 rings (SSSR count). The summed E-state index contributed by atoms with van der Waals surface area (Å²) in [7, 11) is 2.05. The number of aryl methyl sites for hydroxylation is 1. The van der Waals surface area contributed by atoms with Crippen LogP contribution in [0.3, 0.4) is 0 Å². The molecule has 1 aliphatic heterocycles. The van der Waals surface area contributed by atoms with E-state index in [0.29, 0.717) is 6.04 Å². The van der Waals surface area contributed by atoms with Gasteiger partial charge in [0.1, 0.15) is 5.82 Å². The Labute approximate surface area is 126 Å². The van der Waals surface area contributed by atoms with Crippen LogP contribution in [0.1, 0.15) is 18.7 Å². The van der Waals surface area contributed by atoms with Crippen LogP contribution >= 0.6 is 0 Å². The van der Waals surface area contributed by atoms with Gasteiger partial charge in [-0.3, -0.25) is 4.98 Å². The van der Waals surface area contributed by atoms with Crippen LogP contribution in [0.4, 0.5) is 5.69 Å². The zero-order chi connectivity index (χ0) is 14.5. The number of anilines is 1. The molecule has 0 atom stereocenters. The lowest BCUT2D eigenvalue weighted by Gasteiger charge is -2.34. The fourth-order valence-corrected chi connectivity index (χ4v) is 2.92. The average Bonchev–Trinajstić information content (AvgIpc) is 2.94. The van der Waals surface area contributed by atoms with Gasteiger partial charge in [-0.25, -0.2) is 4.98 Å². The predicted octanol–water partition coefficient (Wildman–Crippen LogP) is 1.62. The highest BCUT2D eigenvalue weighted by molar-refractivity contribution is 5.44. The van der Waals surface area contributed by atoms with Gasteiger partial charge in [-0.15, -0.1) is 0 Å². The summed E-state index contributed by atoms with van der Waals surface area (Å²) < 4.78 is 2.09. The van der Waals surface area contributed by atoms with Crippen LogP contribution in [0, 0.1) is 0 Å². The van der Waals surface area contributed by atoms with E-state index in [1.54, 1.807) is 0 Å². The van der Waals surface area contributed by atoms with Crippen molar-refractivity contribution in [2.45, 2.75) is 25.3 Å². The summed E-state index contributed by atoms with van der Waals surface area (Å²) >= 11 is 0. The monoisotopic (exact) mass is 285 g/mol. The fraction of sp³-hybridized carbons (Fsp3) is 0.500. The van der Waals surface area contributed by atoms with Crippen molar-refractivity contribution in [3.8, 4) is 0 Å². The van der Waals surface area contributed by atoms with E-state index in [2.05, 4.69) is 43.9 Å². The lowest BCUT2D eigenvalue weighted by molar-refractivity contribution is 0.415. The number of rotatable bonds is 5. The first-order valence-corrected chi connectivity index (χ1v) is 7.67. The molecular formula is C16H23N5. The fourth-order valence-electron chi connectivity index (χ4n) is 2.92. The number of hydrogen-bond acceptors (Lipinski definition) is 4. The summed E-state index contributed by atoms with van der Waals surface area (Å²) in [5.41, 5.74) is 1.29. The van der Waals surface area contributed by atoms with Crippen molar-refractivity contribution in [1.82, 2.24) is 19.9 Å². The number of aromatic nitrogens is 3. The molecule has 0 unspecified atom stereocenters. The van der Waals surface area contributed by atoms with E-state index in [1.807, 2.05) is 24.8 Å². The highest BCUT2D eigenvalue weighted by Gasteiger charge is 2.18. The van der Waals surface area contributed by atoms with Crippen LogP contribution in [0.2, 0.25) is 0 Å². The second-order valence-electron chi connectivity index (χ2n) is 5.63. The van der Waals surface area contributed by atoms with Crippen molar-refractivity contribution in [2.75, 3.05) is 24.5 Å². The average molecular weight is 285 g/mol. The number of hydrogen-bond donors (Lipinski definition) is 1. The smallest absolute Gasteiger partial charge is 0.109 e. The van der Waals surface area contributed by atoms with Gasteiger partial charge in [0.15, 0.2) is 0 Å². The molecule has 1 N–H and O–H groups in total. The van der Waals surface area contributed by atoms with E-state index in [4.69, 9.17) is 0 Å². The first-order valence-electron chi connectivity index (χ1n) is 7.67. The maximum absolute atomic E-state index is 4.36. The standard InChI is InChI=1S/C16H23N5/c1-20-13-10-19-16(20)4-9-18-14-5-11-21(12-6-14)15-2-7-17-8-3-15/h2-3,7-8,10,13-14,18H,4-6,9,11-12H2,1H3. The van der Waals surface area contributed by atoms with Gasteiger partial charge in [-0.05, 0) is 25.0 Å². The lowest BCUT2D eigenvalue weighted by Crippen LogP contribution is -2.43. The van der Waals surface area contributed by atoms with Gasteiger partial charge in [0.2, 0.25) is 0 Å². The van der Waals surface area contributed by atoms with E-state index in [1.165, 1.54) is 18.5 Å². The Balaban J connectivity index is 1.41. The second-order valence-corrected chi connectivity index (χ2v) is 5.63. The summed E-state index contributed by atoms with van der Waals surface area (Å²) in [5.74, 6) is 1.15. The molecule has 112 valence electrons. The van der Waals surface area contributed by atoms with Gasteiger partial charge in [0.25, 0.3) is 0 Å². The summed E-state index contributed by atoms with van der Waals surface area (Å²) in [6.07, 6.45) is 11.0. The maximum Gasteiger partial charge on any atom is 0.109 e. The van der Waals surface area contributed by atoms with E-state index in [0.717, 1.165) is 31.9 Å². The highest BCUT2D eigenvalue weighted by Crippen LogP contribution is 2.18. The largest absolute Gasteiger partial charge is 0.371 e. The first kappa shape index (κ1) is 14.1. The zero-order valence-electron chi connectivity index (χ0n) is 12.6. The van der Waals surface area contributed by atoms with Crippen LogP contribution in [0.25, 0.3) is 0 Å². The number of nitrogens with one attached hydrogen (secondary N) is 1. The minimum Gasteiger partial charge on any atom is -0.371 e. The third kappa shape index (κ3) is 3.61. The van der Waals surface area contributed by atoms with E-state index in [9.17, 15) is 0 Å². The van der Waals surface area contributed by atoms with E-state index in [-0.39, 0.29) is 0 Å². The normalized spacial score (nSPS) is 16.3. The van der Waals surface area contributed by atoms with Gasteiger partial charge in [-0.1, -0.05) is 0 Å². The summed E-state index contributed by atoms with van der Waals surface area (Å²) in [4.78, 5) is 10.9. The van der Waals surface area contributed by atoms with Crippen LogP contribution in [0.15, 0.2) is 36.9 Å². The van der Waals surface area contributed by atoms with Crippen LogP contribution in [-0.4, -0.2) is 40.2 Å². The van der Waals surface area contributed by atoms with E-state index >= 15 is 0 Å². The Morgan fingerprint density at radius 2 is 1.95 bits per heavy atom. The summed E-state index contributed by atoms with van der Waals surface area (Å²) in [5, 5.41) is 3.67. The molecule has 0 saturated carbocycles. The van der Waals surface area contributed by atoms with Crippen molar-refractivity contribution in [3.63, 3.8) is 0 Å². The van der Waals surface area contributed by atoms with Crippen LogP contribution < -0.4 is 10.2 Å². The number of pyridine rings is 1. The first-order chi connectivity index (χ1) is 10.3. The van der Waals surface area contributed by atoms with Crippen LogP contribution in [-0.2, 0) is 13.5 Å². The van der Waals surface area contributed by atoms with Gasteiger partial charge in [0, 0.05) is 69.6 Å². The Morgan fingerprint density at radius 1 is 1.19 bits per heavy atom. The van der Waals surface area contributed by atoms with Crippen molar-refractivity contribution < 1.29 is 0 Å². The van der Waals surface area contributed by atoms with Crippen molar-refractivity contribution in [2.24, 2.45) is 7.05 Å². The third-order valence-electron chi connectivity index (χ3n) is 4.23. The Kier molecular flexibility index (Phi) is 4.50. The Hall–Kier alpha value is -1.88. The quantitative estimate of drug-likeness (QED) is 0.907. The molecule has 0 spiro atoms. The minimum absolute atomic E-state index is 0.628. The highest BCUT2D eigenvalue weighted by atomic mass is 15.1. The second kappa shape index (κ2) is 6.72. The van der Waals surface area contributed by atoms with Gasteiger partial charge < -0.3 is 14.8 Å². The predicted molar refractivity (Wildman–Crippen MR) is 84.4 cm³/mol. The molecule has 2 aromatic heterocycles. The van der Waals surface area contributed by atoms with Crippen molar-refractivity contribution in [3.05, 3.63) is 42.7 Å². The molecule has 3 heterocycles. The molecular weight excluding hydrogens is 262 g/mol. The van der Waals surface area contributed by atoms with Crippen LogP contribution in [0.5, 0.6) is 0 Å². The third-order valence-corrected chi connectivity index (χ3v) is 4.23. The molecule has 0 aliphatic carbocycles. The Morgan fingerprint density at radius 3 is 2.62 bits per heavy atom. The summed E-state index contributed by atoms with van der Waals surface area (Å²) in [6.45, 7) is 3.24. The molecule has 5 heteroatoms. The van der Waals surface area contributed by atoms with Crippen molar-refractivity contribution >= 4 is 5.69 Å².